The van der Waals surface area contributed by atoms with Gasteiger partial charge in [-0.2, -0.15) is 0 Å². The number of nitrogens with zero attached hydrogens (tertiary/aromatic N) is 2. The Morgan fingerprint density at radius 3 is 2.11 bits per heavy atom. The number of sulfonamides is 1. The van der Waals surface area contributed by atoms with E-state index >= 15 is 0 Å². The van der Waals surface area contributed by atoms with Crippen LogP contribution >= 0.6 is 0 Å². The van der Waals surface area contributed by atoms with Crippen LogP contribution in [0, 0.1) is 11.6 Å². The SMILES string of the molecule is CNC(=O)[C@H](C)N(Cc1ccccc1F)C(=O)CN(c1ccc(F)cc1)S(=O)(=O)c1ccccc1. The maximum atomic E-state index is 14.4. The quantitative estimate of drug-likeness (QED) is 0.487. The van der Waals surface area contributed by atoms with E-state index < -0.39 is 46.1 Å². The predicted octanol–water partition coefficient (Wildman–Crippen LogP) is 3.32. The average Bonchev–Trinajstić information content (AvgIpc) is 2.86. The molecule has 0 aliphatic heterocycles. The average molecular weight is 502 g/mol. The summed E-state index contributed by atoms with van der Waals surface area (Å²) in [5.41, 5.74) is 0.220. The second-order valence-corrected chi connectivity index (χ2v) is 9.57. The lowest BCUT2D eigenvalue weighted by molar-refractivity contribution is -0.139. The molecule has 0 aliphatic carbocycles. The van der Waals surface area contributed by atoms with E-state index in [0.29, 0.717) is 0 Å². The highest BCUT2D eigenvalue weighted by molar-refractivity contribution is 7.92. The maximum absolute atomic E-state index is 14.4. The number of halogens is 2. The van der Waals surface area contributed by atoms with Crippen LogP contribution in [0.2, 0.25) is 0 Å². The highest BCUT2D eigenvalue weighted by Gasteiger charge is 2.32. The van der Waals surface area contributed by atoms with Crippen LogP contribution in [-0.4, -0.2) is 44.8 Å². The number of likely N-dealkylation sites (N-methyl/N-ethyl adjacent to an activating group) is 1. The number of benzene rings is 3. The number of rotatable bonds is 9. The summed E-state index contributed by atoms with van der Waals surface area (Å²) in [5, 5.41) is 2.45. The summed E-state index contributed by atoms with van der Waals surface area (Å²) >= 11 is 0. The molecule has 0 heterocycles. The van der Waals surface area contributed by atoms with Crippen molar-refractivity contribution in [2.24, 2.45) is 0 Å². The Balaban J connectivity index is 2.02. The minimum atomic E-state index is -4.24. The third kappa shape index (κ3) is 6.02. The van der Waals surface area contributed by atoms with Crippen molar-refractivity contribution in [2.45, 2.75) is 24.4 Å². The van der Waals surface area contributed by atoms with Crippen molar-refractivity contribution in [1.29, 1.82) is 0 Å². The van der Waals surface area contributed by atoms with Crippen LogP contribution in [0.25, 0.3) is 0 Å². The zero-order valence-corrected chi connectivity index (χ0v) is 20.0. The van der Waals surface area contributed by atoms with E-state index in [9.17, 15) is 26.8 Å². The van der Waals surface area contributed by atoms with Crippen LogP contribution in [-0.2, 0) is 26.2 Å². The fraction of sp³-hybridized carbons (Fsp3) is 0.200. The van der Waals surface area contributed by atoms with Gasteiger partial charge in [0.05, 0.1) is 10.6 Å². The normalized spacial score (nSPS) is 12.0. The summed E-state index contributed by atoms with van der Waals surface area (Å²) in [5.74, 6) is -2.39. The minimum absolute atomic E-state index is 0.0574. The number of nitrogens with one attached hydrogen (secondary N) is 1. The lowest BCUT2D eigenvalue weighted by Crippen LogP contribution is -2.50. The smallest absolute Gasteiger partial charge is 0.264 e. The van der Waals surface area contributed by atoms with E-state index in [0.717, 1.165) is 21.3 Å². The predicted molar refractivity (Wildman–Crippen MR) is 128 cm³/mol. The standard InChI is InChI=1S/C25H25F2N3O4S/c1-18(25(32)28-2)29(16-19-8-6-7-11-23(19)27)24(31)17-30(21-14-12-20(26)13-15-21)35(33,34)22-9-4-3-5-10-22/h3-15,18H,16-17H2,1-2H3,(H,28,32)/t18-/m0/s1. The molecule has 0 aromatic heterocycles. The summed E-state index contributed by atoms with van der Waals surface area (Å²) in [6, 6.07) is 16.9. The van der Waals surface area contributed by atoms with Crippen molar-refractivity contribution < 1.29 is 26.8 Å². The summed E-state index contributed by atoms with van der Waals surface area (Å²) in [6.45, 7) is 0.507. The first-order chi connectivity index (χ1) is 16.6. The number of amides is 2. The number of carbonyl (C=O) groups is 2. The topological polar surface area (TPSA) is 86.8 Å². The molecule has 7 nitrogen and oxygen atoms in total. The van der Waals surface area contributed by atoms with Gasteiger partial charge in [0.15, 0.2) is 0 Å². The summed E-state index contributed by atoms with van der Waals surface area (Å²) in [7, 11) is -2.84. The van der Waals surface area contributed by atoms with E-state index in [1.807, 2.05) is 0 Å². The van der Waals surface area contributed by atoms with Gasteiger partial charge in [0.25, 0.3) is 10.0 Å². The fourth-order valence-electron chi connectivity index (χ4n) is 3.46. The number of carbonyl (C=O) groups excluding carboxylic acids is 2. The fourth-order valence-corrected chi connectivity index (χ4v) is 4.89. The van der Waals surface area contributed by atoms with Crippen LogP contribution in [0.4, 0.5) is 14.5 Å². The zero-order valence-electron chi connectivity index (χ0n) is 19.2. The van der Waals surface area contributed by atoms with Gasteiger partial charge in [-0.1, -0.05) is 36.4 Å². The molecule has 0 saturated heterocycles. The molecule has 0 fully saturated rings. The molecule has 0 spiro atoms. The molecule has 3 aromatic carbocycles. The van der Waals surface area contributed by atoms with Crippen molar-refractivity contribution in [3.63, 3.8) is 0 Å². The number of hydrogen-bond donors (Lipinski definition) is 1. The molecule has 2 amide bonds. The largest absolute Gasteiger partial charge is 0.357 e. The molecule has 0 bridgehead atoms. The second kappa shape index (κ2) is 11.1. The van der Waals surface area contributed by atoms with E-state index in [1.165, 1.54) is 68.6 Å². The Hall–Kier alpha value is -3.79. The van der Waals surface area contributed by atoms with Crippen LogP contribution in [0.5, 0.6) is 0 Å². The molecule has 1 N–H and O–H groups in total. The van der Waals surface area contributed by atoms with Gasteiger partial charge in [-0.15, -0.1) is 0 Å². The molecule has 3 rings (SSSR count). The molecule has 10 heteroatoms. The summed E-state index contributed by atoms with van der Waals surface area (Å²) in [6.07, 6.45) is 0. The van der Waals surface area contributed by atoms with Gasteiger partial charge >= 0.3 is 0 Å². The molecular weight excluding hydrogens is 476 g/mol. The zero-order chi connectivity index (χ0) is 25.6. The van der Waals surface area contributed by atoms with Crippen molar-refractivity contribution in [2.75, 3.05) is 17.9 Å². The molecule has 184 valence electrons. The maximum Gasteiger partial charge on any atom is 0.264 e. The molecule has 0 unspecified atom stereocenters. The van der Waals surface area contributed by atoms with Crippen LogP contribution < -0.4 is 9.62 Å². The van der Waals surface area contributed by atoms with Crippen LogP contribution in [0.3, 0.4) is 0 Å². The molecule has 3 aromatic rings. The molecule has 0 radical (unpaired) electrons. The van der Waals surface area contributed by atoms with Gasteiger partial charge in [-0.3, -0.25) is 13.9 Å². The Labute approximate surface area is 203 Å². The van der Waals surface area contributed by atoms with E-state index in [1.54, 1.807) is 12.1 Å². The van der Waals surface area contributed by atoms with Gasteiger partial charge in [0, 0.05) is 19.2 Å². The first-order valence-electron chi connectivity index (χ1n) is 10.7. The number of hydrogen-bond acceptors (Lipinski definition) is 4. The lowest BCUT2D eigenvalue weighted by Gasteiger charge is -2.31. The van der Waals surface area contributed by atoms with Crippen molar-refractivity contribution in [3.05, 3.63) is 96.1 Å². The number of anilines is 1. The van der Waals surface area contributed by atoms with Gasteiger partial charge in [0.2, 0.25) is 11.8 Å². The van der Waals surface area contributed by atoms with Gasteiger partial charge in [0.1, 0.15) is 24.2 Å². The van der Waals surface area contributed by atoms with E-state index in [2.05, 4.69) is 5.32 Å². The van der Waals surface area contributed by atoms with Gasteiger partial charge in [-0.25, -0.2) is 17.2 Å². The Bertz CT molecular complexity index is 1290. The highest BCUT2D eigenvalue weighted by atomic mass is 32.2. The van der Waals surface area contributed by atoms with Crippen molar-refractivity contribution in [3.8, 4) is 0 Å². The summed E-state index contributed by atoms with van der Waals surface area (Å²) < 4.78 is 55.7. The Morgan fingerprint density at radius 1 is 0.914 bits per heavy atom. The van der Waals surface area contributed by atoms with Gasteiger partial charge in [-0.05, 0) is 49.4 Å². The molecule has 0 saturated carbocycles. The molecule has 0 aliphatic rings. The van der Waals surface area contributed by atoms with Crippen molar-refractivity contribution >= 4 is 27.5 Å². The third-order valence-electron chi connectivity index (χ3n) is 5.44. The van der Waals surface area contributed by atoms with E-state index in [4.69, 9.17) is 0 Å². The van der Waals surface area contributed by atoms with Crippen molar-refractivity contribution in [1.82, 2.24) is 10.2 Å². The molecule has 1 atom stereocenters. The van der Waals surface area contributed by atoms with Crippen LogP contribution in [0.15, 0.2) is 83.8 Å². The highest BCUT2D eigenvalue weighted by Crippen LogP contribution is 2.25. The summed E-state index contributed by atoms with van der Waals surface area (Å²) in [4.78, 5) is 26.9. The Morgan fingerprint density at radius 2 is 1.51 bits per heavy atom. The van der Waals surface area contributed by atoms with E-state index in [-0.39, 0.29) is 22.7 Å². The lowest BCUT2D eigenvalue weighted by atomic mass is 10.1. The molecule has 35 heavy (non-hydrogen) atoms. The molecular formula is C25H25F2N3O4S. The third-order valence-corrected chi connectivity index (χ3v) is 7.22. The minimum Gasteiger partial charge on any atom is -0.357 e. The second-order valence-electron chi connectivity index (χ2n) is 7.70. The Kier molecular flexibility index (Phi) is 8.18. The monoisotopic (exact) mass is 501 g/mol. The van der Waals surface area contributed by atoms with Gasteiger partial charge < -0.3 is 10.2 Å². The first-order valence-corrected chi connectivity index (χ1v) is 12.2. The van der Waals surface area contributed by atoms with Crippen LogP contribution in [0.1, 0.15) is 12.5 Å². The first kappa shape index (κ1) is 25.8.